The summed E-state index contributed by atoms with van der Waals surface area (Å²) in [4.78, 5) is 2.45. The Morgan fingerprint density at radius 3 is 1.75 bits per heavy atom. The predicted octanol–water partition coefficient (Wildman–Crippen LogP) is 4.36. The first-order valence-corrected chi connectivity index (χ1v) is 6.83. The highest BCUT2D eigenvalue weighted by molar-refractivity contribution is 8.93. The Labute approximate surface area is 131 Å². The molecule has 0 radical (unpaired) electrons. The van der Waals surface area contributed by atoms with Crippen LogP contribution in [0, 0.1) is 0 Å². The molecule has 0 fully saturated rings. The van der Waals surface area contributed by atoms with Crippen molar-refractivity contribution < 1.29 is 0 Å². The van der Waals surface area contributed by atoms with Crippen molar-refractivity contribution in [1.29, 1.82) is 0 Å². The van der Waals surface area contributed by atoms with Crippen molar-refractivity contribution in [3.05, 3.63) is 83.4 Å². The highest BCUT2D eigenvalue weighted by atomic mass is 79.9. The van der Waals surface area contributed by atoms with Gasteiger partial charge in [0.05, 0.1) is 0 Å². The molecule has 2 heteroatoms. The molecule has 3 rings (SSSR count). The summed E-state index contributed by atoms with van der Waals surface area (Å²) in [7, 11) is 0. The van der Waals surface area contributed by atoms with E-state index in [0.717, 1.165) is 26.1 Å². The Balaban J connectivity index is 0.00000147. The molecule has 104 valence electrons. The third-order valence-electron chi connectivity index (χ3n) is 3.79. The number of hydrogen-bond acceptors (Lipinski definition) is 1. The lowest BCUT2D eigenvalue weighted by atomic mass is 9.94. The van der Waals surface area contributed by atoms with Crippen LogP contribution in [0.15, 0.2) is 61.2 Å². The predicted molar refractivity (Wildman–Crippen MR) is 90.3 cm³/mol. The van der Waals surface area contributed by atoms with Crippen molar-refractivity contribution in [2.45, 2.75) is 19.5 Å². The third-order valence-corrected chi connectivity index (χ3v) is 3.79. The van der Waals surface area contributed by atoms with Crippen LogP contribution in [0.25, 0.3) is 0 Å². The molecule has 1 aliphatic rings. The molecule has 0 N–H and O–H groups in total. The summed E-state index contributed by atoms with van der Waals surface area (Å²) in [6.45, 7) is 6.83. The van der Waals surface area contributed by atoms with Gasteiger partial charge in [0.15, 0.2) is 0 Å². The largest absolute Gasteiger partial charge is 0.291 e. The van der Waals surface area contributed by atoms with Gasteiger partial charge in [-0.05, 0) is 28.7 Å². The molecule has 0 spiro atoms. The average molecular weight is 330 g/mol. The van der Waals surface area contributed by atoms with E-state index in [0.29, 0.717) is 0 Å². The number of rotatable bonds is 2. The average Bonchev–Trinajstić information content (AvgIpc) is 2.41. The zero-order valence-electron chi connectivity index (χ0n) is 11.6. The van der Waals surface area contributed by atoms with Crippen LogP contribution >= 0.6 is 17.0 Å². The molecule has 20 heavy (non-hydrogen) atoms. The van der Waals surface area contributed by atoms with Gasteiger partial charge in [-0.2, -0.15) is 0 Å². The van der Waals surface area contributed by atoms with Crippen LogP contribution in [0.4, 0.5) is 0 Å². The lowest BCUT2D eigenvalue weighted by Crippen LogP contribution is -2.25. The summed E-state index contributed by atoms with van der Waals surface area (Å²) in [6.07, 6.45) is 3.04. The lowest BCUT2D eigenvalue weighted by molar-refractivity contribution is 0.282. The van der Waals surface area contributed by atoms with Gasteiger partial charge in [0.25, 0.3) is 0 Å². The molecule has 0 saturated heterocycles. The number of fused-ring (bicyclic) bond motifs is 2. The van der Waals surface area contributed by atoms with Crippen molar-refractivity contribution in [1.82, 2.24) is 4.90 Å². The summed E-state index contributed by atoms with van der Waals surface area (Å²) >= 11 is 0. The van der Waals surface area contributed by atoms with E-state index in [9.17, 15) is 0 Å². The van der Waals surface area contributed by atoms with E-state index in [4.69, 9.17) is 0 Å². The number of nitrogens with zero attached hydrogens (tertiary/aromatic N) is 1. The molecule has 0 aliphatic carbocycles. The van der Waals surface area contributed by atoms with E-state index in [1.807, 2.05) is 6.08 Å². The molecule has 2 aromatic carbocycles. The normalized spacial score (nSPS) is 14.2. The van der Waals surface area contributed by atoms with Gasteiger partial charge in [0.1, 0.15) is 0 Å². The third kappa shape index (κ3) is 3.20. The standard InChI is InChI=1S/C18H19N.BrH/c1-2-11-19-13-17-9-5-3-7-15(17)12-16-8-4-6-10-18(16)14-19;/h2-10H,1,11-14H2;1H. The molecule has 0 unspecified atom stereocenters. The molecule has 2 aromatic rings. The van der Waals surface area contributed by atoms with Crippen LogP contribution < -0.4 is 0 Å². The Morgan fingerprint density at radius 2 is 1.30 bits per heavy atom. The van der Waals surface area contributed by atoms with E-state index in [2.05, 4.69) is 60.0 Å². The van der Waals surface area contributed by atoms with Crippen molar-refractivity contribution >= 4 is 17.0 Å². The van der Waals surface area contributed by atoms with Gasteiger partial charge in [-0.3, -0.25) is 4.90 Å². The molecule has 0 bridgehead atoms. The highest BCUT2D eigenvalue weighted by Crippen LogP contribution is 2.23. The Hall–Kier alpha value is -1.38. The number of benzene rings is 2. The van der Waals surface area contributed by atoms with Gasteiger partial charge in [-0.15, -0.1) is 23.6 Å². The molecule has 0 atom stereocenters. The van der Waals surface area contributed by atoms with Gasteiger partial charge in [-0.1, -0.05) is 54.6 Å². The van der Waals surface area contributed by atoms with Crippen LogP contribution in [0.5, 0.6) is 0 Å². The van der Waals surface area contributed by atoms with Crippen molar-refractivity contribution in [3.8, 4) is 0 Å². The topological polar surface area (TPSA) is 3.24 Å². The first-order valence-electron chi connectivity index (χ1n) is 6.83. The number of hydrogen-bond donors (Lipinski definition) is 0. The smallest absolute Gasteiger partial charge is 0.0243 e. The molecule has 1 heterocycles. The monoisotopic (exact) mass is 329 g/mol. The zero-order chi connectivity index (χ0) is 13.1. The van der Waals surface area contributed by atoms with Crippen molar-refractivity contribution in [3.63, 3.8) is 0 Å². The Bertz CT molecular complexity index is 544. The lowest BCUT2D eigenvalue weighted by Gasteiger charge is -2.26. The molecule has 0 aromatic heterocycles. The fraction of sp³-hybridized carbons (Fsp3) is 0.222. The van der Waals surface area contributed by atoms with Gasteiger partial charge in [-0.25, -0.2) is 0 Å². The van der Waals surface area contributed by atoms with E-state index in [-0.39, 0.29) is 17.0 Å². The quantitative estimate of drug-likeness (QED) is 0.740. The fourth-order valence-electron chi connectivity index (χ4n) is 2.82. The second-order valence-corrected chi connectivity index (χ2v) is 5.17. The van der Waals surface area contributed by atoms with Gasteiger partial charge in [0, 0.05) is 19.6 Å². The molecule has 1 nitrogen and oxygen atoms in total. The second-order valence-electron chi connectivity index (χ2n) is 5.17. The van der Waals surface area contributed by atoms with Crippen LogP contribution in [0.1, 0.15) is 22.3 Å². The fourth-order valence-corrected chi connectivity index (χ4v) is 2.82. The van der Waals surface area contributed by atoms with Crippen molar-refractivity contribution in [2.24, 2.45) is 0 Å². The molecular weight excluding hydrogens is 310 g/mol. The maximum absolute atomic E-state index is 3.88. The van der Waals surface area contributed by atoms with Gasteiger partial charge in [0.2, 0.25) is 0 Å². The van der Waals surface area contributed by atoms with Crippen LogP contribution in [0.3, 0.4) is 0 Å². The first kappa shape index (κ1) is 15.0. The summed E-state index contributed by atoms with van der Waals surface area (Å²) in [5.41, 5.74) is 5.78. The van der Waals surface area contributed by atoms with E-state index >= 15 is 0 Å². The number of halogens is 1. The highest BCUT2D eigenvalue weighted by Gasteiger charge is 2.15. The summed E-state index contributed by atoms with van der Waals surface area (Å²) in [5.74, 6) is 0. The molecule has 0 saturated carbocycles. The zero-order valence-corrected chi connectivity index (χ0v) is 13.3. The van der Waals surface area contributed by atoms with Gasteiger partial charge < -0.3 is 0 Å². The minimum Gasteiger partial charge on any atom is -0.291 e. The SMILES string of the molecule is Br.C=CCN1Cc2ccccc2Cc2ccccc2C1. The molecule has 1 aliphatic heterocycles. The van der Waals surface area contributed by atoms with Crippen LogP contribution in [-0.2, 0) is 19.5 Å². The summed E-state index contributed by atoms with van der Waals surface area (Å²) in [5, 5.41) is 0. The van der Waals surface area contributed by atoms with Gasteiger partial charge >= 0.3 is 0 Å². The Kier molecular flexibility index (Phi) is 5.16. The van der Waals surface area contributed by atoms with E-state index in [1.54, 1.807) is 0 Å². The van der Waals surface area contributed by atoms with Crippen LogP contribution in [-0.4, -0.2) is 11.4 Å². The molecular formula is C18H20BrN. The minimum atomic E-state index is 0. The minimum absolute atomic E-state index is 0. The first-order chi connectivity index (χ1) is 9.36. The second kappa shape index (κ2) is 6.87. The van der Waals surface area contributed by atoms with E-state index < -0.39 is 0 Å². The van der Waals surface area contributed by atoms with E-state index in [1.165, 1.54) is 22.3 Å². The maximum atomic E-state index is 3.88. The Morgan fingerprint density at radius 1 is 0.850 bits per heavy atom. The molecule has 0 amide bonds. The summed E-state index contributed by atoms with van der Waals surface area (Å²) in [6, 6.07) is 17.6. The summed E-state index contributed by atoms with van der Waals surface area (Å²) < 4.78 is 0. The maximum Gasteiger partial charge on any atom is 0.0243 e. The van der Waals surface area contributed by atoms with Crippen LogP contribution in [0.2, 0.25) is 0 Å². The van der Waals surface area contributed by atoms with Crippen molar-refractivity contribution in [2.75, 3.05) is 6.54 Å².